The van der Waals surface area contributed by atoms with E-state index in [1.165, 1.54) is 4.31 Å². The van der Waals surface area contributed by atoms with Crippen LogP contribution in [0.2, 0.25) is 0 Å². The smallest absolute Gasteiger partial charge is 0.214 e. The zero-order valence-electron chi connectivity index (χ0n) is 13.1. The van der Waals surface area contributed by atoms with Crippen LogP contribution in [0.5, 0.6) is 0 Å². The topological polar surface area (TPSA) is 64.4 Å². The van der Waals surface area contributed by atoms with Gasteiger partial charge in [0.1, 0.15) is 0 Å². The van der Waals surface area contributed by atoms with Crippen molar-refractivity contribution in [2.75, 3.05) is 25.4 Å². The van der Waals surface area contributed by atoms with Crippen molar-refractivity contribution >= 4 is 10.0 Å². The Hall–Kier alpha value is -1.70. The van der Waals surface area contributed by atoms with Crippen LogP contribution < -0.4 is 0 Å². The van der Waals surface area contributed by atoms with Gasteiger partial charge in [-0.05, 0) is 12.0 Å². The van der Waals surface area contributed by atoms with Crippen LogP contribution >= 0.6 is 0 Å². The Morgan fingerprint density at radius 2 is 2.09 bits per heavy atom. The minimum absolute atomic E-state index is 0.122. The highest BCUT2D eigenvalue weighted by atomic mass is 32.2. The lowest BCUT2D eigenvalue weighted by Crippen LogP contribution is -2.43. The number of nitrogens with zero attached hydrogens (tertiary/aromatic N) is 3. The van der Waals surface area contributed by atoms with Crippen molar-refractivity contribution < 1.29 is 13.2 Å². The number of aryl methyl sites for hydroxylation is 2. The lowest BCUT2D eigenvalue weighted by Gasteiger charge is -2.31. The number of rotatable bonds is 5. The highest BCUT2D eigenvalue weighted by Crippen LogP contribution is 2.23. The van der Waals surface area contributed by atoms with E-state index < -0.39 is 10.0 Å². The van der Waals surface area contributed by atoms with Crippen LogP contribution in [-0.4, -0.2) is 48.0 Å². The minimum Gasteiger partial charge on any atom is -0.371 e. The molecule has 0 spiro atoms. The second-order valence-corrected chi connectivity index (χ2v) is 7.80. The SMILES string of the molecule is Cn1cc(C2CN(S(=O)(=O)CCc3ccccc3)CCO2)cn1. The Morgan fingerprint density at radius 3 is 2.78 bits per heavy atom. The summed E-state index contributed by atoms with van der Waals surface area (Å²) in [6, 6.07) is 9.68. The Labute approximate surface area is 136 Å². The molecule has 1 fully saturated rings. The predicted octanol–water partition coefficient (Wildman–Crippen LogP) is 1.37. The molecule has 3 rings (SSSR count). The highest BCUT2D eigenvalue weighted by Gasteiger charge is 2.30. The first kappa shape index (κ1) is 16.2. The zero-order chi connectivity index (χ0) is 16.3. The van der Waals surface area contributed by atoms with Crippen LogP contribution in [0.1, 0.15) is 17.2 Å². The van der Waals surface area contributed by atoms with Gasteiger partial charge in [0.2, 0.25) is 10.0 Å². The molecule has 23 heavy (non-hydrogen) atoms. The van der Waals surface area contributed by atoms with Gasteiger partial charge in [0.25, 0.3) is 0 Å². The normalized spacial score (nSPS) is 19.8. The number of morpholine rings is 1. The molecule has 7 heteroatoms. The molecular formula is C16H21N3O3S. The summed E-state index contributed by atoms with van der Waals surface area (Å²) in [4.78, 5) is 0. The highest BCUT2D eigenvalue weighted by molar-refractivity contribution is 7.89. The second-order valence-electron chi connectivity index (χ2n) is 5.72. The Kier molecular flexibility index (Phi) is 4.79. The van der Waals surface area contributed by atoms with Crippen LogP contribution in [0.3, 0.4) is 0 Å². The molecule has 0 amide bonds. The van der Waals surface area contributed by atoms with Crippen LogP contribution in [-0.2, 0) is 28.2 Å². The Balaban J connectivity index is 1.65. The van der Waals surface area contributed by atoms with Gasteiger partial charge in [0, 0.05) is 31.9 Å². The van der Waals surface area contributed by atoms with Crippen molar-refractivity contribution in [3.8, 4) is 0 Å². The fourth-order valence-electron chi connectivity index (χ4n) is 2.71. The van der Waals surface area contributed by atoms with Gasteiger partial charge in [-0.3, -0.25) is 4.68 Å². The van der Waals surface area contributed by atoms with Gasteiger partial charge < -0.3 is 4.74 Å². The molecule has 1 aliphatic rings. The van der Waals surface area contributed by atoms with Gasteiger partial charge >= 0.3 is 0 Å². The third-order valence-corrected chi connectivity index (χ3v) is 5.85. The third-order valence-electron chi connectivity index (χ3n) is 4.01. The molecule has 0 saturated carbocycles. The van der Waals surface area contributed by atoms with E-state index in [1.807, 2.05) is 43.6 Å². The van der Waals surface area contributed by atoms with Crippen molar-refractivity contribution in [1.29, 1.82) is 0 Å². The standard InChI is InChI=1S/C16H21N3O3S/c1-18-12-15(11-17-18)16-13-19(8-9-22-16)23(20,21)10-7-14-5-3-2-4-6-14/h2-6,11-12,16H,7-10,13H2,1H3. The average molecular weight is 335 g/mol. The van der Waals surface area contributed by atoms with Gasteiger partial charge in [-0.2, -0.15) is 9.40 Å². The summed E-state index contributed by atoms with van der Waals surface area (Å²) >= 11 is 0. The van der Waals surface area contributed by atoms with Crippen LogP contribution in [0, 0.1) is 0 Å². The second kappa shape index (κ2) is 6.82. The van der Waals surface area contributed by atoms with E-state index in [0.717, 1.165) is 11.1 Å². The first-order chi connectivity index (χ1) is 11.0. The molecule has 0 N–H and O–H groups in total. The van der Waals surface area contributed by atoms with Crippen molar-refractivity contribution in [2.24, 2.45) is 7.05 Å². The van der Waals surface area contributed by atoms with E-state index in [2.05, 4.69) is 5.10 Å². The molecule has 2 heterocycles. The van der Waals surface area contributed by atoms with Gasteiger partial charge in [0.05, 0.1) is 24.7 Å². The first-order valence-electron chi connectivity index (χ1n) is 7.66. The summed E-state index contributed by atoms with van der Waals surface area (Å²) in [6.07, 6.45) is 3.87. The lowest BCUT2D eigenvalue weighted by atomic mass is 10.2. The summed E-state index contributed by atoms with van der Waals surface area (Å²) in [6.45, 7) is 1.17. The van der Waals surface area contributed by atoms with E-state index in [0.29, 0.717) is 26.1 Å². The third kappa shape index (κ3) is 3.99. The summed E-state index contributed by atoms with van der Waals surface area (Å²) in [7, 11) is -1.46. The summed E-state index contributed by atoms with van der Waals surface area (Å²) < 4.78 is 34.1. The van der Waals surface area contributed by atoms with Crippen LogP contribution in [0.25, 0.3) is 0 Å². The average Bonchev–Trinajstić information content (AvgIpc) is 3.01. The van der Waals surface area contributed by atoms with Crippen molar-refractivity contribution in [1.82, 2.24) is 14.1 Å². The van der Waals surface area contributed by atoms with Gasteiger partial charge in [0.15, 0.2) is 0 Å². The molecule has 1 unspecified atom stereocenters. The summed E-state index contributed by atoms with van der Waals surface area (Å²) in [5.41, 5.74) is 1.95. The maximum Gasteiger partial charge on any atom is 0.214 e. The molecule has 1 aromatic heterocycles. The molecular weight excluding hydrogens is 314 g/mol. The fraction of sp³-hybridized carbons (Fsp3) is 0.438. The van der Waals surface area contributed by atoms with Crippen LogP contribution in [0.4, 0.5) is 0 Å². The molecule has 2 aromatic rings. The quantitative estimate of drug-likeness (QED) is 0.828. The molecule has 1 saturated heterocycles. The Bertz CT molecular complexity index is 743. The molecule has 1 atom stereocenters. The maximum atomic E-state index is 12.6. The van der Waals surface area contributed by atoms with Crippen molar-refractivity contribution in [2.45, 2.75) is 12.5 Å². The number of benzene rings is 1. The molecule has 1 aliphatic heterocycles. The Morgan fingerprint density at radius 1 is 1.30 bits per heavy atom. The monoisotopic (exact) mass is 335 g/mol. The molecule has 1 aromatic carbocycles. The van der Waals surface area contributed by atoms with Gasteiger partial charge in [-0.1, -0.05) is 30.3 Å². The molecule has 0 bridgehead atoms. The van der Waals surface area contributed by atoms with Crippen LogP contribution in [0.15, 0.2) is 42.7 Å². The fourth-order valence-corrected chi connectivity index (χ4v) is 4.17. The van der Waals surface area contributed by atoms with Crippen molar-refractivity contribution in [3.05, 3.63) is 53.9 Å². The molecule has 124 valence electrons. The minimum atomic E-state index is -3.29. The van der Waals surface area contributed by atoms with E-state index in [4.69, 9.17) is 4.74 Å². The van der Waals surface area contributed by atoms with E-state index in [-0.39, 0.29) is 11.9 Å². The van der Waals surface area contributed by atoms with E-state index in [1.54, 1.807) is 10.9 Å². The predicted molar refractivity (Wildman–Crippen MR) is 87.4 cm³/mol. The number of ether oxygens (including phenoxy) is 1. The lowest BCUT2D eigenvalue weighted by molar-refractivity contribution is -0.00256. The first-order valence-corrected chi connectivity index (χ1v) is 9.27. The number of aromatic nitrogens is 2. The number of hydrogen-bond acceptors (Lipinski definition) is 4. The molecule has 0 aliphatic carbocycles. The summed E-state index contributed by atoms with van der Waals surface area (Å²) in [5.74, 6) is 0.122. The van der Waals surface area contributed by atoms with E-state index >= 15 is 0 Å². The van der Waals surface area contributed by atoms with Gasteiger partial charge in [-0.15, -0.1) is 0 Å². The largest absolute Gasteiger partial charge is 0.371 e. The van der Waals surface area contributed by atoms with Crippen molar-refractivity contribution in [3.63, 3.8) is 0 Å². The van der Waals surface area contributed by atoms with E-state index in [9.17, 15) is 8.42 Å². The molecule has 6 nitrogen and oxygen atoms in total. The number of hydrogen-bond donors (Lipinski definition) is 0. The zero-order valence-corrected chi connectivity index (χ0v) is 13.9. The molecule has 0 radical (unpaired) electrons. The summed E-state index contributed by atoms with van der Waals surface area (Å²) in [5, 5.41) is 4.12. The number of sulfonamides is 1. The maximum absolute atomic E-state index is 12.6. The van der Waals surface area contributed by atoms with Gasteiger partial charge in [-0.25, -0.2) is 8.42 Å².